The van der Waals surface area contributed by atoms with Gasteiger partial charge in [0.1, 0.15) is 5.60 Å². The van der Waals surface area contributed by atoms with E-state index in [1.807, 2.05) is 27.8 Å². The lowest BCUT2D eigenvalue weighted by molar-refractivity contribution is 0.0301. The van der Waals surface area contributed by atoms with E-state index in [1.54, 1.807) is 4.90 Å². The molecule has 1 aliphatic rings. The van der Waals surface area contributed by atoms with Gasteiger partial charge in [-0.2, -0.15) is 0 Å². The Kier molecular flexibility index (Phi) is 3.74. The zero-order valence-electron chi connectivity index (χ0n) is 9.96. The van der Waals surface area contributed by atoms with Gasteiger partial charge in [-0.25, -0.2) is 4.79 Å². The van der Waals surface area contributed by atoms with Gasteiger partial charge < -0.3 is 15.0 Å². The predicted molar refractivity (Wildman–Crippen MR) is 59.8 cm³/mol. The molecule has 4 heteroatoms. The molecule has 1 N–H and O–H groups in total. The number of likely N-dealkylation sites (N-methyl/N-ethyl adjacent to an activating group) is 1. The van der Waals surface area contributed by atoms with Gasteiger partial charge >= 0.3 is 6.09 Å². The van der Waals surface area contributed by atoms with Gasteiger partial charge in [0, 0.05) is 19.6 Å². The Balaban J connectivity index is 2.40. The van der Waals surface area contributed by atoms with Gasteiger partial charge in [-0.15, -0.1) is 0 Å². The Hall–Kier alpha value is -1.03. The van der Waals surface area contributed by atoms with Gasteiger partial charge in [0.25, 0.3) is 0 Å². The van der Waals surface area contributed by atoms with E-state index in [0.29, 0.717) is 13.1 Å². The zero-order valence-corrected chi connectivity index (χ0v) is 9.96. The summed E-state index contributed by atoms with van der Waals surface area (Å²) >= 11 is 0. The van der Waals surface area contributed by atoms with Crippen LogP contribution in [0.25, 0.3) is 0 Å². The summed E-state index contributed by atoms with van der Waals surface area (Å²) in [5.74, 6) is 0. The number of ether oxygens (including phenoxy) is 1. The Morgan fingerprint density at radius 3 is 2.80 bits per heavy atom. The van der Waals surface area contributed by atoms with E-state index in [1.165, 1.54) is 5.57 Å². The van der Waals surface area contributed by atoms with Crippen molar-refractivity contribution in [1.29, 1.82) is 0 Å². The van der Waals surface area contributed by atoms with Crippen molar-refractivity contribution in [1.82, 2.24) is 10.2 Å². The number of rotatable bonds is 2. The molecule has 1 heterocycles. The minimum atomic E-state index is -0.414. The second-order valence-electron chi connectivity index (χ2n) is 4.75. The van der Waals surface area contributed by atoms with Gasteiger partial charge in [0.15, 0.2) is 0 Å². The third-order valence-corrected chi connectivity index (χ3v) is 2.05. The van der Waals surface area contributed by atoms with Gasteiger partial charge in [0.05, 0.1) is 0 Å². The van der Waals surface area contributed by atoms with E-state index in [-0.39, 0.29) is 6.09 Å². The smallest absolute Gasteiger partial charge is 0.410 e. The van der Waals surface area contributed by atoms with Crippen LogP contribution in [0.1, 0.15) is 20.8 Å². The maximum absolute atomic E-state index is 11.7. The number of amides is 1. The lowest BCUT2D eigenvalue weighted by atomic mass is 10.2. The number of hydrogen-bond donors (Lipinski definition) is 1. The van der Waals surface area contributed by atoms with E-state index in [0.717, 1.165) is 6.54 Å². The van der Waals surface area contributed by atoms with E-state index >= 15 is 0 Å². The monoisotopic (exact) mass is 212 g/mol. The van der Waals surface area contributed by atoms with E-state index in [2.05, 4.69) is 11.4 Å². The topological polar surface area (TPSA) is 41.6 Å². The molecule has 0 saturated heterocycles. The van der Waals surface area contributed by atoms with Crippen molar-refractivity contribution in [2.24, 2.45) is 0 Å². The van der Waals surface area contributed by atoms with E-state index in [4.69, 9.17) is 4.74 Å². The molecular weight excluding hydrogens is 192 g/mol. The molecule has 1 aliphatic heterocycles. The molecule has 0 radical (unpaired) electrons. The van der Waals surface area contributed by atoms with E-state index < -0.39 is 5.60 Å². The summed E-state index contributed by atoms with van der Waals surface area (Å²) in [4.78, 5) is 13.4. The molecule has 0 spiro atoms. The summed E-state index contributed by atoms with van der Waals surface area (Å²) in [6.45, 7) is 7.80. The molecule has 0 fully saturated rings. The highest BCUT2D eigenvalue weighted by Crippen LogP contribution is 2.14. The maximum Gasteiger partial charge on any atom is 0.410 e. The molecule has 1 rings (SSSR count). The van der Waals surface area contributed by atoms with Crippen molar-refractivity contribution in [2.75, 3.05) is 26.7 Å². The highest BCUT2D eigenvalue weighted by Gasteiger charge is 2.24. The summed E-state index contributed by atoms with van der Waals surface area (Å²) in [5, 5.41) is 3.07. The summed E-state index contributed by atoms with van der Waals surface area (Å²) in [6, 6.07) is 0. The molecule has 86 valence electrons. The fraction of sp³-hybridized carbons (Fsp3) is 0.727. The first-order valence-electron chi connectivity index (χ1n) is 5.23. The van der Waals surface area contributed by atoms with E-state index in [9.17, 15) is 4.79 Å². The molecule has 0 saturated carbocycles. The average Bonchev–Trinajstić information content (AvgIpc) is 2.50. The summed E-state index contributed by atoms with van der Waals surface area (Å²) in [5.41, 5.74) is 0.825. The third-order valence-electron chi connectivity index (χ3n) is 2.05. The largest absolute Gasteiger partial charge is 0.444 e. The van der Waals surface area contributed by atoms with Crippen LogP contribution in [0.2, 0.25) is 0 Å². The first kappa shape index (κ1) is 12.0. The molecule has 4 nitrogen and oxygen atoms in total. The lowest BCUT2D eigenvalue weighted by Crippen LogP contribution is -2.36. The SMILES string of the molecule is CNCC1=CCN(C(=O)OC(C)(C)C)C1. The van der Waals surface area contributed by atoms with Crippen molar-refractivity contribution < 1.29 is 9.53 Å². The zero-order chi connectivity index (χ0) is 11.5. The number of nitrogens with one attached hydrogen (secondary N) is 1. The quantitative estimate of drug-likeness (QED) is 0.703. The summed E-state index contributed by atoms with van der Waals surface area (Å²) in [7, 11) is 1.90. The lowest BCUT2D eigenvalue weighted by Gasteiger charge is -2.24. The first-order chi connectivity index (χ1) is 6.92. The number of carbonyl (C=O) groups excluding carboxylic acids is 1. The Labute approximate surface area is 91.3 Å². The number of nitrogens with zero attached hydrogens (tertiary/aromatic N) is 1. The molecule has 0 aromatic carbocycles. The highest BCUT2D eigenvalue weighted by atomic mass is 16.6. The second-order valence-corrected chi connectivity index (χ2v) is 4.75. The fourth-order valence-electron chi connectivity index (χ4n) is 1.43. The van der Waals surface area contributed by atoms with Gasteiger partial charge in [-0.05, 0) is 33.4 Å². The van der Waals surface area contributed by atoms with Crippen LogP contribution >= 0.6 is 0 Å². The van der Waals surface area contributed by atoms with Crippen molar-refractivity contribution in [2.45, 2.75) is 26.4 Å². The Bertz CT molecular complexity index is 266. The van der Waals surface area contributed by atoms with Crippen LogP contribution < -0.4 is 5.32 Å². The minimum absolute atomic E-state index is 0.232. The molecular formula is C11H20N2O2. The van der Waals surface area contributed by atoms with Crippen molar-refractivity contribution >= 4 is 6.09 Å². The van der Waals surface area contributed by atoms with Crippen LogP contribution in [0.3, 0.4) is 0 Å². The molecule has 1 amide bonds. The van der Waals surface area contributed by atoms with Crippen LogP contribution in [-0.4, -0.2) is 43.3 Å². The van der Waals surface area contributed by atoms with Gasteiger partial charge in [0.2, 0.25) is 0 Å². The molecule has 0 aromatic rings. The highest BCUT2D eigenvalue weighted by molar-refractivity contribution is 5.69. The second kappa shape index (κ2) is 4.66. The maximum atomic E-state index is 11.7. The summed E-state index contributed by atoms with van der Waals surface area (Å²) < 4.78 is 5.28. The number of carbonyl (C=O) groups is 1. The van der Waals surface area contributed by atoms with Crippen LogP contribution in [0.4, 0.5) is 4.79 Å². The molecule has 0 unspecified atom stereocenters. The standard InChI is InChI=1S/C11H20N2O2/c1-11(2,3)15-10(14)13-6-5-9(8-13)7-12-4/h5,12H,6-8H2,1-4H3. The van der Waals surface area contributed by atoms with Crippen LogP contribution in [0, 0.1) is 0 Å². The van der Waals surface area contributed by atoms with Crippen LogP contribution in [-0.2, 0) is 4.74 Å². The van der Waals surface area contributed by atoms with Crippen molar-refractivity contribution in [3.63, 3.8) is 0 Å². The van der Waals surface area contributed by atoms with Crippen molar-refractivity contribution in [3.8, 4) is 0 Å². The molecule has 0 atom stereocenters. The van der Waals surface area contributed by atoms with Crippen LogP contribution in [0.15, 0.2) is 11.6 Å². The molecule has 15 heavy (non-hydrogen) atoms. The summed E-state index contributed by atoms with van der Waals surface area (Å²) in [6.07, 6.45) is 1.84. The molecule has 0 bridgehead atoms. The Morgan fingerprint density at radius 2 is 2.27 bits per heavy atom. The van der Waals surface area contributed by atoms with Crippen LogP contribution in [0.5, 0.6) is 0 Å². The minimum Gasteiger partial charge on any atom is -0.444 e. The average molecular weight is 212 g/mol. The fourth-order valence-corrected chi connectivity index (χ4v) is 1.43. The third kappa shape index (κ3) is 3.91. The normalized spacial score (nSPS) is 16.5. The van der Waals surface area contributed by atoms with Gasteiger partial charge in [-0.1, -0.05) is 6.08 Å². The Morgan fingerprint density at radius 1 is 1.60 bits per heavy atom. The molecule has 0 aliphatic carbocycles. The molecule has 0 aromatic heterocycles. The van der Waals surface area contributed by atoms with Crippen molar-refractivity contribution in [3.05, 3.63) is 11.6 Å². The first-order valence-corrected chi connectivity index (χ1v) is 5.23. The predicted octanol–water partition coefficient (Wildman–Crippen LogP) is 1.38. The number of hydrogen-bond acceptors (Lipinski definition) is 3. The van der Waals surface area contributed by atoms with Gasteiger partial charge in [-0.3, -0.25) is 0 Å².